The van der Waals surface area contributed by atoms with Crippen molar-refractivity contribution < 1.29 is 4.79 Å². The van der Waals surface area contributed by atoms with Crippen LogP contribution in [0.25, 0.3) is 0 Å². The Labute approximate surface area is 141 Å². The van der Waals surface area contributed by atoms with Crippen LogP contribution in [0.2, 0.25) is 0 Å². The number of hydrogen-bond acceptors (Lipinski definition) is 4. The van der Waals surface area contributed by atoms with E-state index in [9.17, 15) is 4.79 Å². The van der Waals surface area contributed by atoms with Crippen LogP contribution in [0.1, 0.15) is 28.8 Å². The van der Waals surface area contributed by atoms with Crippen LogP contribution in [-0.2, 0) is 24.3 Å². The molecular formula is C18H23N3OS. The number of carbonyl (C=O) groups is 1. The van der Waals surface area contributed by atoms with Gasteiger partial charge in [-0.25, -0.2) is 4.98 Å². The fourth-order valence-electron chi connectivity index (χ4n) is 2.96. The molecule has 23 heavy (non-hydrogen) atoms. The first-order chi connectivity index (χ1) is 11.0. The summed E-state index contributed by atoms with van der Waals surface area (Å²) in [5.41, 5.74) is 3.69. The predicted molar refractivity (Wildman–Crippen MR) is 93.3 cm³/mol. The third kappa shape index (κ3) is 3.62. The van der Waals surface area contributed by atoms with Gasteiger partial charge < -0.3 is 4.90 Å². The Morgan fingerprint density at radius 1 is 1.39 bits per heavy atom. The predicted octanol–water partition coefficient (Wildman–Crippen LogP) is 2.86. The number of nitrogens with zero attached hydrogens (tertiary/aromatic N) is 3. The van der Waals surface area contributed by atoms with Gasteiger partial charge in [-0.1, -0.05) is 24.3 Å². The second-order valence-corrected chi connectivity index (χ2v) is 7.19. The summed E-state index contributed by atoms with van der Waals surface area (Å²) in [7, 11) is 2.00. The smallest absolute Gasteiger partial charge is 0.239 e. The Morgan fingerprint density at radius 2 is 2.13 bits per heavy atom. The van der Waals surface area contributed by atoms with Crippen molar-refractivity contribution in [3.8, 4) is 0 Å². The first-order valence-electron chi connectivity index (χ1n) is 8.01. The number of thiazole rings is 1. The van der Waals surface area contributed by atoms with Crippen LogP contribution in [0, 0.1) is 6.92 Å². The zero-order chi connectivity index (χ0) is 16.4. The molecule has 1 aliphatic heterocycles. The summed E-state index contributed by atoms with van der Waals surface area (Å²) in [5.74, 6) is 0.204. The molecule has 0 unspecified atom stereocenters. The number of benzene rings is 1. The number of carbonyl (C=O) groups excluding carboxylic acids is 1. The second-order valence-electron chi connectivity index (χ2n) is 6.25. The Morgan fingerprint density at radius 3 is 2.83 bits per heavy atom. The van der Waals surface area contributed by atoms with E-state index in [1.54, 1.807) is 11.3 Å². The number of rotatable bonds is 4. The monoisotopic (exact) mass is 329 g/mol. The molecule has 1 atom stereocenters. The molecule has 0 saturated carbocycles. The molecule has 0 radical (unpaired) electrons. The molecule has 0 N–H and O–H groups in total. The van der Waals surface area contributed by atoms with Crippen LogP contribution in [0.15, 0.2) is 29.6 Å². The van der Waals surface area contributed by atoms with Crippen LogP contribution in [0.5, 0.6) is 0 Å². The zero-order valence-electron chi connectivity index (χ0n) is 14.0. The minimum Gasteiger partial charge on any atom is -0.337 e. The Balaban J connectivity index is 1.63. The Kier molecular flexibility index (Phi) is 4.78. The van der Waals surface area contributed by atoms with Gasteiger partial charge in [0.05, 0.1) is 12.6 Å². The Bertz CT molecular complexity index is 697. The lowest BCUT2D eigenvalue weighted by molar-refractivity contribution is -0.137. The van der Waals surface area contributed by atoms with Crippen LogP contribution < -0.4 is 0 Å². The van der Waals surface area contributed by atoms with Gasteiger partial charge in [-0.15, -0.1) is 11.3 Å². The molecule has 122 valence electrons. The first-order valence-corrected chi connectivity index (χ1v) is 8.89. The molecule has 1 amide bonds. The maximum Gasteiger partial charge on any atom is 0.239 e. The van der Waals surface area contributed by atoms with Crippen molar-refractivity contribution in [1.29, 1.82) is 0 Å². The van der Waals surface area contributed by atoms with Crippen LogP contribution in [-0.4, -0.2) is 40.3 Å². The van der Waals surface area contributed by atoms with Crippen molar-refractivity contribution in [1.82, 2.24) is 14.8 Å². The topological polar surface area (TPSA) is 36.4 Å². The molecule has 2 heterocycles. The van der Waals surface area contributed by atoms with Crippen LogP contribution in [0.3, 0.4) is 0 Å². The van der Waals surface area contributed by atoms with E-state index < -0.39 is 0 Å². The number of aryl methyl sites for hydroxylation is 1. The van der Waals surface area contributed by atoms with E-state index >= 15 is 0 Å². The van der Waals surface area contributed by atoms with Gasteiger partial charge in [0.2, 0.25) is 5.91 Å². The average Bonchev–Trinajstić information content (AvgIpc) is 2.97. The average molecular weight is 329 g/mol. The SMILES string of the molecule is Cc1csc(CN(C)[C@H](C)C(=O)N2CCc3ccccc3C2)n1. The lowest BCUT2D eigenvalue weighted by Gasteiger charge is -2.33. The molecule has 1 aromatic carbocycles. The highest BCUT2D eigenvalue weighted by atomic mass is 32.1. The van der Waals surface area contributed by atoms with E-state index in [2.05, 4.69) is 33.5 Å². The number of likely N-dealkylation sites (N-methyl/N-ethyl adjacent to an activating group) is 1. The maximum atomic E-state index is 12.8. The molecule has 0 saturated heterocycles. The lowest BCUT2D eigenvalue weighted by atomic mass is 9.99. The summed E-state index contributed by atoms with van der Waals surface area (Å²) in [6, 6.07) is 8.28. The van der Waals surface area contributed by atoms with Gasteiger partial charge in [0.15, 0.2) is 0 Å². The summed E-state index contributed by atoms with van der Waals surface area (Å²) in [6.07, 6.45) is 0.948. The standard InChI is InChI=1S/C18H23N3OS/c1-13-12-23-17(19-13)11-20(3)14(2)18(22)21-9-8-15-6-4-5-7-16(15)10-21/h4-7,12,14H,8-11H2,1-3H3/t14-/m1/s1. The first kappa shape index (κ1) is 16.1. The third-order valence-corrected chi connectivity index (χ3v) is 5.46. The largest absolute Gasteiger partial charge is 0.337 e. The molecule has 0 aliphatic carbocycles. The zero-order valence-corrected chi connectivity index (χ0v) is 14.8. The van der Waals surface area contributed by atoms with Gasteiger partial charge in [-0.05, 0) is 38.4 Å². The van der Waals surface area contributed by atoms with E-state index in [1.807, 2.05) is 31.9 Å². The fourth-order valence-corrected chi connectivity index (χ4v) is 3.80. The number of aromatic nitrogens is 1. The molecule has 0 bridgehead atoms. The number of fused-ring (bicyclic) bond motifs is 1. The summed E-state index contributed by atoms with van der Waals surface area (Å²) in [4.78, 5) is 21.4. The van der Waals surface area contributed by atoms with E-state index in [4.69, 9.17) is 0 Å². The van der Waals surface area contributed by atoms with Gasteiger partial charge in [0, 0.05) is 24.2 Å². The van der Waals surface area contributed by atoms with Crippen molar-refractivity contribution >= 4 is 17.2 Å². The molecule has 4 nitrogen and oxygen atoms in total. The summed E-state index contributed by atoms with van der Waals surface area (Å²) >= 11 is 1.66. The van der Waals surface area contributed by atoms with E-state index in [-0.39, 0.29) is 11.9 Å². The maximum absolute atomic E-state index is 12.8. The highest BCUT2D eigenvalue weighted by Gasteiger charge is 2.27. The molecule has 1 aliphatic rings. The normalized spacial score (nSPS) is 15.6. The van der Waals surface area contributed by atoms with Crippen molar-refractivity contribution in [2.75, 3.05) is 13.6 Å². The highest BCUT2D eigenvalue weighted by molar-refractivity contribution is 7.09. The van der Waals surface area contributed by atoms with Gasteiger partial charge in [0.1, 0.15) is 5.01 Å². The van der Waals surface area contributed by atoms with Gasteiger partial charge in [0.25, 0.3) is 0 Å². The summed E-state index contributed by atoms with van der Waals surface area (Å²) in [5, 5.41) is 3.12. The summed E-state index contributed by atoms with van der Waals surface area (Å²) < 4.78 is 0. The third-order valence-electron chi connectivity index (χ3n) is 4.51. The minimum absolute atomic E-state index is 0.135. The molecule has 2 aromatic rings. The van der Waals surface area contributed by atoms with Gasteiger partial charge in [-0.2, -0.15) is 0 Å². The summed E-state index contributed by atoms with van der Waals surface area (Å²) in [6.45, 7) is 6.24. The highest BCUT2D eigenvalue weighted by Crippen LogP contribution is 2.20. The van der Waals surface area contributed by atoms with Crippen molar-refractivity contribution in [3.05, 3.63) is 51.5 Å². The van der Waals surface area contributed by atoms with E-state index in [0.717, 1.165) is 36.8 Å². The van der Waals surface area contributed by atoms with E-state index in [1.165, 1.54) is 11.1 Å². The van der Waals surface area contributed by atoms with E-state index in [0.29, 0.717) is 0 Å². The molecule has 0 fully saturated rings. The molecule has 3 rings (SSSR count). The quantitative estimate of drug-likeness (QED) is 0.865. The number of amides is 1. The molecule has 1 aromatic heterocycles. The van der Waals surface area contributed by atoms with Crippen molar-refractivity contribution in [2.24, 2.45) is 0 Å². The minimum atomic E-state index is -0.135. The fraction of sp³-hybridized carbons (Fsp3) is 0.444. The molecular weight excluding hydrogens is 306 g/mol. The van der Waals surface area contributed by atoms with Gasteiger partial charge >= 0.3 is 0 Å². The van der Waals surface area contributed by atoms with Gasteiger partial charge in [-0.3, -0.25) is 9.69 Å². The van der Waals surface area contributed by atoms with Crippen LogP contribution in [0.4, 0.5) is 0 Å². The molecule has 5 heteroatoms. The Hall–Kier alpha value is -1.72. The van der Waals surface area contributed by atoms with Crippen molar-refractivity contribution in [3.63, 3.8) is 0 Å². The molecule has 0 spiro atoms. The number of hydrogen-bond donors (Lipinski definition) is 0. The van der Waals surface area contributed by atoms with Crippen molar-refractivity contribution in [2.45, 2.75) is 39.4 Å². The van der Waals surface area contributed by atoms with Crippen LogP contribution >= 0.6 is 11.3 Å². The second kappa shape index (κ2) is 6.81. The lowest BCUT2D eigenvalue weighted by Crippen LogP contribution is -2.47.